The lowest BCUT2D eigenvalue weighted by Gasteiger charge is -2.31. The fraction of sp³-hybridized carbons (Fsp3) is 0.391. The second-order valence-electron chi connectivity index (χ2n) is 8.28. The summed E-state index contributed by atoms with van der Waals surface area (Å²) in [5.41, 5.74) is 0.809. The molecule has 0 saturated heterocycles. The molecule has 0 radical (unpaired) electrons. The van der Waals surface area contributed by atoms with Gasteiger partial charge in [0.15, 0.2) is 5.54 Å². The minimum absolute atomic E-state index is 0.149. The van der Waals surface area contributed by atoms with Crippen LogP contribution in [0.5, 0.6) is 0 Å². The molecule has 154 valence electrons. The zero-order valence-electron chi connectivity index (χ0n) is 17.5. The van der Waals surface area contributed by atoms with Crippen LogP contribution in [0.15, 0.2) is 54.6 Å². The van der Waals surface area contributed by atoms with Crippen molar-refractivity contribution in [2.45, 2.75) is 44.9 Å². The van der Waals surface area contributed by atoms with E-state index < -0.39 is 17.2 Å². The van der Waals surface area contributed by atoms with E-state index in [4.69, 9.17) is 4.74 Å². The van der Waals surface area contributed by atoms with Gasteiger partial charge in [-0.2, -0.15) is 0 Å². The van der Waals surface area contributed by atoms with Gasteiger partial charge in [-0.1, -0.05) is 48.5 Å². The molecule has 0 saturated carbocycles. The molecule has 0 aromatic heterocycles. The smallest absolute Gasteiger partial charge is 0.408 e. The summed E-state index contributed by atoms with van der Waals surface area (Å²) in [5, 5.41) is 6.01. The highest BCUT2D eigenvalue weighted by molar-refractivity contribution is 6.09. The summed E-state index contributed by atoms with van der Waals surface area (Å²) in [7, 11) is 1.83. The Morgan fingerprint density at radius 2 is 1.72 bits per heavy atom. The Hall–Kier alpha value is -2.86. The van der Waals surface area contributed by atoms with E-state index >= 15 is 0 Å². The topological polar surface area (TPSA) is 70.7 Å². The number of para-hydroxylation sites is 1. The Morgan fingerprint density at radius 3 is 2.38 bits per heavy atom. The number of ether oxygens (including phenoxy) is 1. The first kappa shape index (κ1) is 20.9. The van der Waals surface area contributed by atoms with Gasteiger partial charge in [0, 0.05) is 5.56 Å². The van der Waals surface area contributed by atoms with Crippen molar-refractivity contribution in [3.8, 4) is 0 Å². The molecular weight excluding hydrogens is 366 g/mol. The summed E-state index contributed by atoms with van der Waals surface area (Å²) in [4.78, 5) is 28.2. The van der Waals surface area contributed by atoms with Gasteiger partial charge in [0.25, 0.3) is 5.91 Å². The number of fused-ring (bicyclic) bond motifs is 1. The van der Waals surface area contributed by atoms with Gasteiger partial charge in [-0.3, -0.25) is 4.79 Å². The normalized spacial score (nSPS) is 18.5. The quantitative estimate of drug-likeness (QED) is 0.785. The molecule has 2 amide bonds. The molecule has 3 rings (SSSR count). The number of hydrogen-bond donors (Lipinski definition) is 2. The molecule has 2 N–H and O–H groups in total. The van der Waals surface area contributed by atoms with Crippen molar-refractivity contribution in [1.82, 2.24) is 10.6 Å². The summed E-state index contributed by atoms with van der Waals surface area (Å²) in [6.45, 7) is 6.42. The monoisotopic (exact) mass is 395 g/mol. The van der Waals surface area contributed by atoms with Gasteiger partial charge in [0.2, 0.25) is 0 Å². The molecule has 29 heavy (non-hydrogen) atoms. The minimum Gasteiger partial charge on any atom is -0.444 e. The Bertz CT molecular complexity index is 876. The van der Waals surface area contributed by atoms with Gasteiger partial charge in [0.1, 0.15) is 5.60 Å². The Balaban J connectivity index is 2.00. The predicted octanol–water partition coefficient (Wildman–Crippen LogP) is 3.56. The van der Waals surface area contributed by atoms with Crippen LogP contribution < -0.4 is 15.5 Å². The summed E-state index contributed by atoms with van der Waals surface area (Å²) in [6.07, 6.45) is -0.178. The van der Waals surface area contributed by atoms with Crippen LogP contribution in [0, 0.1) is 0 Å². The predicted molar refractivity (Wildman–Crippen MR) is 114 cm³/mol. The third-order valence-corrected chi connectivity index (χ3v) is 4.91. The second kappa shape index (κ2) is 8.25. The van der Waals surface area contributed by atoms with Gasteiger partial charge in [-0.15, -0.1) is 0 Å². The van der Waals surface area contributed by atoms with E-state index in [-0.39, 0.29) is 5.91 Å². The maximum Gasteiger partial charge on any atom is 0.408 e. The Kier molecular flexibility index (Phi) is 5.94. The number of amides is 2. The highest BCUT2D eigenvalue weighted by Crippen LogP contribution is 2.43. The van der Waals surface area contributed by atoms with Crippen molar-refractivity contribution < 1.29 is 14.3 Å². The third kappa shape index (κ3) is 4.43. The number of anilines is 1. The van der Waals surface area contributed by atoms with E-state index in [1.54, 1.807) is 25.7 Å². The zero-order valence-corrected chi connectivity index (χ0v) is 17.5. The molecule has 0 bridgehead atoms. The molecule has 0 aliphatic carbocycles. The van der Waals surface area contributed by atoms with Crippen LogP contribution in [0.25, 0.3) is 0 Å². The summed E-state index contributed by atoms with van der Waals surface area (Å²) >= 11 is 0. The fourth-order valence-corrected chi connectivity index (χ4v) is 3.66. The van der Waals surface area contributed by atoms with Crippen molar-refractivity contribution >= 4 is 17.7 Å². The molecule has 2 aromatic carbocycles. The van der Waals surface area contributed by atoms with Crippen molar-refractivity contribution in [2.75, 3.05) is 18.5 Å². The number of carbonyl (C=O) groups is 2. The molecule has 1 aliphatic heterocycles. The average Bonchev–Trinajstić information content (AvgIpc) is 2.89. The number of nitrogens with one attached hydrogen (secondary N) is 2. The number of rotatable bonds is 6. The van der Waals surface area contributed by atoms with Crippen molar-refractivity contribution in [2.24, 2.45) is 0 Å². The lowest BCUT2D eigenvalue weighted by Crippen LogP contribution is -2.55. The van der Waals surface area contributed by atoms with Crippen LogP contribution in [-0.4, -0.2) is 31.2 Å². The second-order valence-corrected chi connectivity index (χ2v) is 8.28. The standard InChI is InChI=1S/C23H29N3O3/c1-22(2,3)29-21(28)25-23(14-15-24-4)18-12-8-9-13-19(18)26(20(23)27)16-17-10-6-5-7-11-17/h5-13,24H,14-16H2,1-4H3,(H,25,28)/t23-/m1/s1. The van der Waals surface area contributed by atoms with E-state index in [0.717, 1.165) is 16.8 Å². The number of nitrogens with zero attached hydrogens (tertiary/aromatic N) is 1. The lowest BCUT2D eigenvalue weighted by atomic mass is 9.88. The fourth-order valence-electron chi connectivity index (χ4n) is 3.66. The van der Waals surface area contributed by atoms with Crippen molar-refractivity contribution in [3.63, 3.8) is 0 Å². The van der Waals surface area contributed by atoms with E-state index in [2.05, 4.69) is 10.6 Å². The first-order chi connectivity index (χ1) is 13.8. The molecule has 2 aromatic rings. The van der Waals surface area contributed by atoms with Crippen molar-refractivity contribution in [1.29, 1.82) is 0 Å². The van der Waals surface area contributed by atoms with E-state index in [9.17, 15) is 9.59 Å². The molecular formula is C23H29N3O3. The number of alkyl carbamates (subject to hydrolysis) is 1. The van der Waals surface area contributed by atoms with E-state index in [0.29, 0.717) is 19.5 Å². The van der Waals surface area contributed by atoms with E-state index in [1.807, 2.05) is 61.6 Å². The van der Waals surface area contributed by atoms with Crippen LogP contribution in [0.1, 0.15) is 38.3 Å². The first-order valence-electron chi connectivity index (χ1n) is 9.88. The van der Waals surface area contributed by atoms with Gasteiger partial charge in [0.05, 0.1) is 12.2 Å². The highest BCUT2D eigenvalue weighted by Gasteiger charge is 2.52. The van der Waals surface area contributed by atoms with Crippen LogP contribution in [0.2, 0.25) is 0 Å². The minimum atomic E-state index is -1.17. The van der Waals surface area contributed by atoms with Crippen LogP contribution >= 0.6 is 0 Å². The third-order valence-electron chi connectivity index (χ3n) is 4.91. The summed E-state index contributed by atoms with van der Waals surface area (Å²) in [5.74, 6) is -0.149. The molecule has 6 nitrogen and oxygen atoms in total. The lowest BCUT2D eigenvalue weighted by molar-refractivity contribution is -0.124. The maximum atomic E-state index is 13.7. The van der Waals surface area contributed by atoms with Crippen LogP contribution in [0.4, 0.5) is 10.5 Å². The molecule has 0 spiro atoms. The van der Waals surface area contributed by atoms with Crippen LogP contribution in [-0.2, 0) is 21.6 Å². The molecule has 1 heterocycles. The molecule has 0 fully saturated rings. The van der Waals surface area contributed by atoms with Gasteiger partial charge < -0.3 is 20.3 Å². The SMILES string of the molecule is CNCC[C@]1(NC(=O)OC(C)(C)C)C(=O)N(Cc2ccccc2)c2ccccc21. The number of carbonyl (C=O) groups excluding carboxylic acids is 2. The molecule has 6 heteroatoms. The molecule has 1 atom stereocenters. The summed E-state index contributed by atoms with van der Waals surface area (Å²) in [6, 6.07) is 17.5. The molecule has 0 unspecified atom stereocenters. The zero-order chi connectivity index (χ0) is 21.1. The Morgan fingerprint density at radius 1 is 1.07 bits per heavy atom. The van der Waals surface area contributed by atoms with Gasteiger partial charge in [-0.05, 0) is 52.4 Å². The molecule has 1 aliphatic rings. The maximum absolute atomic E-state index is 13.7. The van der Waals surface area contributed by atoms with Gasteiger partial charge in [-0.25, -0.2) is 4.79 Å². The largest absolute Gasteiger partial charge is 0.444 e. The summed E-state index contributed by atoms with van der Waals surface area (Å²) < 4.78 is 5.48. The number of hydrogen-bond acceptors (Lipinski definition) is 4. The highest BCUT2D eigenvalue weighted by atomic mass is 16.6. The van der Waals surface area contributed by atoms with E-state index in [1.165, 1.54) is 0 Å². The average molecular weight is 396 g/mol. The van der Waals surface area contributed by atoms with Gasteiger partial charge >= 0.3 is 6.09 Å². The first-order valence-corrected chi connectivity index (χ1v) is 9.88. The number of benzene rings is 2. The van der Waals surface area contributed by atoms with Crippen LogP contribution in [0.3, 0.4) is 0 Å². The Labute approximate surface area is 172 Å². The van der Waals surface area contributed by atoms with Crippen molar-refractivity contribution in [3.05, 3.63) is 65.7 Å².